The minimum Gasteiger partial charge on any atom is -0.496 e. The van der Waals surface area contributed by atoms with Gasteiger partial charge in [-0.2, -0.15) is 0 Å². The van der Waals surface area contributed by atoms with Crippen molar-refractivity contribution in [2.75, 3.05) is 13.7 Å². The van der Waals surface area contributed by atoms with Crippen molar-refractivity contribution in [3.05, 3.63) is 23.8 Å². The van der Waals surface area contributed by atoms with Crippen molar-refractivity contribution in [1.29, 1.82) is 0 Å². The molecule has 0 heterocycles. The van der Waals surface area contributed by atoms with Gasteiger partial charge in [0, 0.05) is 6.07 Å². The van der Waals surface area contributed by atoms with Gasteiger partial charge in [0.15, 0.2) is 6.29 Å². The highest BCUT2D eigenvalue weighted by molar-refractivity contribution is 5.79. The molecule has 0 saturated heterocycles. The molecule has 3 nitrogen and oxygen atoms in total. The Balaban J connectivity index is 2.84. The molecule has 0 N–H and O–H groups in total. The van der Waals surface area contributed by atoms with E-state index in [4.69, 9.17) is 9.47 Å². The van der Waals surface area contributed by atoms with E-state index in [0.717, 1.165) is 18.5 Å². The lowest BCUT2D eigenvalue weighted by Gasteiger charge is -2.07. The summed E-state index contributed by atoms with van der Waals surface area (Å²) >= 11 is 0. The predicted octanol–water partition coefficient (Wildman–Crippen LogP) is 2.30. The van der Waals surface area contributed by atoms with Gasteiger partial charge in [0.25, 0.3) is 0 Å². The van der Waals surface area contributed by atoms with E-state index in [1.165, 1.54) is 7.11 Å². The third-order valence-corrected chi connectivity index (χ3v) is 1.80. The van der Waals surface area contributed by atoms with Crippen LogP contribution in [0.25, 0.3) is 0 Å². The minimum atomic E-state index is 0.538. The maximum Gasteiger partial charge on any atom is 0.153 e. The molecule has 0 unspecified atom stereocenters. The highest BCUT2D eigenvalue weighted by atomic mass is 16.5. The fraction of sp³-hybridized carbons (Fsp3) is 0.364. The zero-order valence-corrected chi connectivity index (χ0v) is 8.45. The van der Waals surface area contributed by atoms with Crippen LogP contribution in [0, 0.1) is 0 Å². The van der Waals surface area contributed by atoms with Gasteiger partial charge in [-0.25, -0.2) is 0 Å². The number of hydrogen-bond donors (Lipinski definition) is 0. The highest BCUT2D eigenvalue weighted by Crippen LogP contribution is 2.23. The fourth-order valence-electron chi connectivity index (χ4n) is 1.10. The zero-order valence-electron chi connectivity index (χ0n) is 8.45. The van der Waals surface area contributed by atoms with Gasteiger partial charge in [-0.15, -0.1) is 0 Å². The second kappa shape index (κ2) is 5.27. The van der Waals surface area contributed by atoms with Crippen molar-refractivity contribution < 1.29 is 14.3 Å². The van der Waals surface area contributed by atoms with Crippen molar-refractivity contribution in [2.24, 2.45) is 0 Å². The van der Waals surface area contributed by atoms with Gasteiger partial charge in [-0.1, -0.05) is 6.92 Å². The molecule has 0 saturated carbocycles. The molecule has 0 aliphatic carbocycles. The average molecular weight is 194 g/mol. The van der Waals surface area contributed by atoms with Gasteiger partial charge in [-0.3, -0.25) is 4.79 Å². The lowest BCUT2D eigenvalue weighted by Crippen LogP contribution is -1.97. The van der Waals surface area contributed by atoms with E-state index in [1.807, 2.05) is 6.92 Å². The van der Waals surface area contributed by atoms with Crippen LogP contribution in [0.15, 0.2) is 18.2 Å². The molecule has 1 rings (SSSR count). The summed E-state index contributed by atoms with van der Waals surface area (Å²) in [6.45, 7) is 2.71. The van der Waals surface area contributed by atoms with Crippen molar-refractivity contribution >= 4 is 6.29 Å². The van der Waals surface area contributed by atoms with Crippen LogP contribution < -0.4 is 9.47 Å². The maximum atomic E-state index is 10.6. The first-order valence-electron chi connectivity index (χ1n) is 4.57. The van der Waals surface area contributed by atoms with E-state index in [-0.39, 0.29) is 0 Å². The Bertz CT molecular complexity index is 307. The zero-order chi connectivity index (χ0) is 10.4. The lowest BCUT2D eigenvalue weighted by molar-refractivity contribution is 0.112. The largest absolute Gasteiger partial charge is 0.496 e. The molecule has 0 aliphatic heterocycles. The number of methoxy groups -OCH3 is 1. The Morgan fingerprint density at radius 1 is 1.43 bits per heavy atom. The Labute approximate surface area is 83.6 Å². The normalized spacial score (nSPS) is 9.57. The predicted molar refractivity (Wildman–Crippen MR) is 54.2 cm³/mol. The summed E-state index contributed by atoms with van der Waals surface area (Å²) < 4.78 is 10.4. The molecule has 1 aromatic rings. The van der Waals surface area contributed by atoms with E-state index in [1.54, 1.807) is 18.2 Å². The molecule has 0 radical (unpaired) electrons. The van der Waals surface area contributed by atoms with Crippen LogP contribution in [-0.4, -0.2) is 20.0 Å². The third kappa shape index (κ3) is 2.49. The summed E-state index contributed by atoms with van der Waals surface area (Å²) in [6, 6.07) is 5.18. The Kier molecular flexibility index (Phi) is 3.98. The van der Waals surface area contributed by atoms with E-state index in [9.17, 15) is 4.79 Å². The molecule has 0 bridgehead atoms. The number of hydrogen-bond acceptors (Lipinski definition) is 3. The first-order chi connectivity index (χ1) is 6.81. The van der Waals surface area contributed by atoms with Gasteiger partial charge in [0.2, 0.25) is 0 Å². The van der Waals surface area contributed by atoms with Crippen LogP contribution in [0.3, 0.4) is 0 Å². The van der Waals surface area contributed by atoms with E-state index < -0.39 is 0 Å². The number of aldehydes is 1. The minimum absolute atomic E-state index is 0.538. The third-order valence-electron chi connectivity index (χ3n) is 1.80. The van der Waals surface area contributed by atoms with Crippen molar-refractivity contribution in [3.8, 4) is 11.5 Å². The summed E-state index contributed by atoms with van der Waals surface area (Å²) in [5.41, 5.74) is 0.538. The van der Waals surface area contributed by atoms with Gasteiger partial charge in [-0.05, 0) is 18.6 Å². The summed E-state index contributed by atoms with van der Waals surface area (Å²) in [4.78, 5) is 10.6. The number of ether oxygens (including phenoxy) is 2. The molecule has 0 atom stereocenters. The van der Waals surface area contributed by atoms with E-state index >= 15 is 0 Å². The maximum absolute atomic E-state index is 10.6. The Hall–Kier alpha value is -1.51. The first kappa shape index (κ1) is 10.6. The molecular weight excluding hydrogens is 180 g/mol. The molecule has 3 heteroatoms. The number of carbonyl (C=O) groups excluding carboxylic acids is 1. The quantitative estimate of drug-likeness (QED) is 0.675. The highest BCUT2D eigenvalue weighted by Gasteiger charge is 2.03. The average Bonchev–Trinajstić information content (AvgIpc) is 2.25. The molecule has 1 aromatic carbocycles. The van der Waals surface area contributed by atoms with Gasteiger partial charge >= 0.3 is 0 Å². The monoisotopic (exact) mass is 194 g/mol. The summed E-state index contributed by atoms with van der Waals surface area (Å²) in [6.07, 6.45) is 1.72. The molecule has 0 fully saturated rings. The van der Waals surface area contributed by atoms with Crippen LogP contribution in [0.1, 0.15) is 23.7 Å². The van der Waals surface area contributed by atoms with Gasteiger partial charge in [0.05, 0.1) is 19.3 Å². The fourth-order valence-corrected chi connectivity index (χ4v) is 1.10. The summed E-state index contributed by atoms with van der Waals surface area (Å²) in [5.74, 6) is 1.28. The SMILES string of the molecule is CCCOc1ccc(C=O)c(OC)c1. The molecule has 0 aromatic heterocycles. The van der Waals surface area contributed by atoms with Crippen LogP contribution in [-0.2, 0) is 0 Å². The van der Waals surface area contributed by atoms with Crippen molar-refractivity contribution in [3.63, 3.8) is 0 Å². The number of carbonyl (C=O) groups is 1. The van der Waals surface area contributed by atoms with Gasteiger partial charge in [0.1, 0.15) is 11.5 Å². The molecule has 0 aliphatic rings. The second-order valence-electron chi connectivity index (χ2n) is 2.87. The summed E-state index contributed by atoms with van der Waals surface area (Å²) in [7, 11) is 1.53. The van der Waals surface area contributed by atoms with Crippen LogP contribution in [0.5, 0.6) is 11.5 Å². The Morgan fingerprint density at radius 2 is 2.21 bits per heavy atom. The molecule has 0 amide bonds. The smallest absolute Gasteiger partial charge is 0.153 e. The standard InChI is InChI=1S/C11H14O3/c1-3-6-14-10-5-4-9(8-12)11(7-10)13-2/h4-5,7-8H,3,6H2,1-2H3. The molecule has 0 spiro atoms. The lowest BCUT2D eigenvalue weighted by atomic mass is 10.2. The van der Waals surface area contributed by atoms with E-state index in [0.29, 0.717) is 17.9 Å². The molecular formula is C11H14O3. The number of rotatable bonds is 5. The second-order valence-corrected chi connectivity index (χ2v) is 2.87. The first-order valence-corrected chi connectivity index (χ1v) is 4.57. The molecule has 14 heavy (non-hydrogen) atoms. The van der Waals surface area contributed by atoms with Crippen LogP contribution in [0.2, 0.25) is 0 Å². The van der Waals surface area contributed by atoms with Crippen molar-refractivity contribution in [1.82, 2.24) is 0 Å². The van der Waals surface area contributed by atoms with E-state index in [2.05, 4.69) is 0 Å². The van der Waals surface area contributed by atoms with Crippen molar-refractivity contribution in [2.45, 2.75) is 13.3 Å². The van der Waals surface area contributed by atoms with Crippen LogP contribution >= 0.6 is 0 Å². The number of benzene rings is 1. The molecule has 76 valence electrons. The topological polar surface area (TPSA) is 35.5 Å². The van der Waals surface area contributed by atoms with Gasteiger partial charge < -0.3 is 9.47 Å². The summed E-state index contributed by atoms with van der Waals surface area (Å²) in [5, 5.41) is 0. The Morgan fingerprint density at radius 3 is 2.79 bits per heavy atom. The van der Waals surface area contributed by atoms with Crippen LogP contribution in [0.4, 0.5) is 0 Å².